The Bertz CT molecular complexity index is 1020. The Morgan fingerprint density at radius 1 is 1.00 bits per heavy atom. The topological polar surface area (TPSA) is 92.9 Å². The van der Waals surface area contributed by atoms with Crippen molar-refractivity contribution in [2.75, 3.05) is 10.6 Å². The SMILES string of the molecule is O=C(Nc1cccc2cccnc12)c1cnc(NCc2ccco2)cn1. The summed E-state index contributed by atoms with van der Waals surface area (Å²) in [7, 11) is 0. The van der Waals surface area contributed by atoms with Gasteiger partial charge in [-0.05, 0) is 24.3 Å². The van der Waals surface area contributed by atoms with Gasteiger partial charge in [-0.3, -0.25) is 9.78 Å². The van der Waals surface area contributed by atoms with Gasteiger partial charge in [-0.25, -0.2) is 9.97 Å². The van der Waals surface area contributed by atoms with Gasteiger partial charge in [0.05, 0.1) is 36.4 Å². The second-order valence-corrected chi connectivity index (χ2v) is 5.55. The molecule has 1 amide bonds. The average molecular weight is 345 g/mol. The van der Waals surface area contributed by atoms with E-state index in [2.05, 4.69) is 25.6 Å². The van der Waals surface area contributed by atoms with Crippen molar-refractivity contribution in [2.24, 2.45) is 0 Å². The van der Waals surface area contributed by atoms with Gasteiger partial charge in [0.15, 0.2) is 0 Å². The Morgan fingerprint density at radius 2 is 1.92 bits per heavy atom. The maximum Gasteiger partial charge on any atom is 0.275 e. The quantitative estimate of drug-likeness (QED) is 0.575. The van der Waals surface area contributed by atoms with Crippen molar-refractivity contribution in [1.29, 1.82) is 0 Å². The van der Waals surface area contributed by atoms with Crippen molar-refractivity contribution in [1.82, 2.24) is 15.0 Å². The van der Waals surface area contributed by atoms with Crippen LogP contribution < -0.4 is 10.6 Å². The van der Waals surface area contributed by atoms with E-state index in [0.717, 1.165) is 16.7 Å². The Labute approximate surface area is 149 Å². The minimum absolute atomic E-state index is 0.224. The molecule has 7 nitrogen and oxygen atoms in total. The molecule has 3 heterocycles. The Hall–Kier alpha value is -3.74. The summed E-state index contributed by atoms with van der Waals surface area (Å²) in [6, 6.07) is 13.1. The summed E-state index contributed by atoms with van der Waals surface area (Å²) in [5.74, 6) is 1.01. The van der Waals surface area contributed by atoms with E-state index in [-0.39, 0.29) is 11.6 Å². The van der Waals surface area contributed by atoms with Gasteiger partial charge in [0.2, 0.25) is 0 Å². The van der Waals surface area contributed by atoms with E-state index < -0.39 is 0 Å². The van der Waals surface area contributed by atoms with Crippen molar-refractivity contribution in [3.05, 3.63) is 78.8 Å². The molecule has 0 bridgehead atoms. The van der Waals surface area contributed by atoms with E-state index in [1.807, 2.05) is 36.4 Å². The van der Waals surface area contributed by atoms with Crippen LogP contribution in [0.5, 0.6) is 0 Å². The zero-order valence-electron chi connectivity index (χ0n) is 13.7. The van der Waals surface area contributed by atoms with Gasteiger partial charge in [0.1, 0.15) is 17.3 Å². The van der Waals surface area contributed by atoms with Crippen LogP contribution in [0, 0.1) is 0 Å². The Balaban J connectivity index is 1.46. The van der Waals surface area contributed by atoms with Gasteiger partial charge in [0.25, 0.3) is 5.91 Å². The molecule has 26 heavy (non-hydrogen) atoms. The molecule has 0 saturated heterocycles. The molecular weight excluding hydrogens is 330 g/mol. The molecule has 0 aliphatic carbocycles. The number of furan rings is 1. The van der Waals surface area contributed by atoms with Crippen LogP contribution in [0.4, 0.5) is 11.5 Å². The lowest BCUT2D eigenvalue weighted by molar-refractivity contribution is 0.102. The molecule has 0 aliphatic heterocycles. The van der Waals surface area contributed by atoms with E-state index in [1.165, 1.54) is 12.4 Å². The fourth-order valence-corrected chi connectivity index (χ4v) is 2.52. The van der Waals surface area contributed by atoms with Crippen molar-refractivity contribution in [3.63, 3.8) is 0 Å². The van der Waals surface area contributed by atoms with Gasteiger partial charge in [-0.2, -0.15) is 0 Å². The molecule has 4 rings (SSSR count). The number of aromatic nitrogens is 3. The number of benzene rings is 1. The number of carbonyl (C=O) groups excluding carboxylic acids is 1. The molecule has 1 aromatic carbocycles. The van der Waals surface area contributed by atoms with E-state index >= 15 is 0 Å². The monoisotopic (exact) mass is 345 g/mol. The van der Waals surface area contributed by atoms with Gasteiger partial charge in [-0.15, -0.1) is 0 Å². The van der Waals surface area contributed by atoms with Crippen LogP contribution in [0.1, 0.15) is 16.2 Å². The molecule has 7 heteroatoms. The molecule has 0 atom stereocenters. The summed E-state index contributed by atoms with van der Waals surface area (Å²) in [4.78, 5) is 25.1. The fourth-order valence-electron chi connectivity index (χ4n) is 2.52. The van der Waals surface area contributed by atoms with Crippen LogP contribution in [0.25, 0.3) is 10.9 Å². The van der Waals surface area contributed by atoms with Crippen LogP contribution in [-0.4, -0.2) is 20.9 Å². The lowest BCUT2D eigenvalue weighted by Crippen LogP contribution is -2.15. The number of hydrogen-bond donors (Lipinski definition) is 2. The largest absolute Gasteiger partial charge is 0.467 e. The lowest BCUT2D eigenvalue weighted by Gasteiger charge is -2.08. The molecule has 2 N–H and O–H groups in total. The zero-order chi connectivity index (χ0) is 17.8. The average Bonchev–Trinajstić information content (AvgIpc) is 3.21. The summed E-state index contributed by atoms with van der Waals surface area (Å²) < 4.78 is 5.24. The summed E-state index contributed by atoms with van der Waals surface area (Å²) >= 11 is 0. The van der Waals surface area contributed by atoms with E-state index in [1.54, 1.807) is 18.5 Å². The smallest absolute Gasteiger partial charge is 0.275 e. The van der Waals surface area contributed by atoms with Crippen LogP contribution in [0.2, 0.25) is 0 Å². The van der Waals surface area contributed by atoms with Crippen molar-refractivity contribution >= 4 is 28.3 Å². The highest BCUT2D eigenvalue weighted by Gasteiger charge is 2.11. The number of amides is 1. The fraction of sp³-hybridized carbons (Fsp3) is 0.0526. The normalized spacial score (nSPS) is 10.6. The number of carbonyl (C=O) groups is 1. The van der Waals surface area contributed by atoms with Crippen LogP contribution in [0.3, 0.4) is 0 Å². The number of anilines is 2. The first kappa shape index (κ1) is 15.8. The molecular formula is C19H15N5O2. The van der Waals surface area contributed by atoms with Crippen LogP contribution in [0.15, 0.2) is 71.7 Å². The number of fused-ring (bicyclic) bond motifs is 1. The number of rotatable bonds is 5. The highest BCUT2D eigenvalue weighted by molar-refractivity contribution is 6.07. The second kappa shape index (κ2) is 7.02. The van der Waals surface area contributed by atoms with Crippen molar-refractivity contribution in [3.8, 4) is 0 Å². The van der Waals surface area contributed by atoms with Crippen LogP contribution in [-0.2, 0) is 6.54 Å². The summed E-state index contributed by atoms with van der Waals surface area (Å²) in [5.41, 5.74) is 1.59. The maximum atomic E-state index is 12.4. The van der Waals surface area contributed by atoms with Crippen LogP contribution >= 0.6 is 0 Å². The van der Waals surface area contributed by atoms with Crippen molar-refractivity contribution in [2.45, 2.75) is 6.54 Å². The van der Waals surface area contributed by atoms with Gasteiger partial charge in [0, 0.05) is 11.6 Å². The molecule has 3 aromatic heterocycles. The molecule has 0 saturated carbocycles. The standard InChI is InChI=1S/C19H15N5O2/c25-19(24-15-7-1-4-13-5-2-8-20-18(13)15)16-11-23-17(12-21-16)22-10-14-6-3-9-26-14/h1-9,11-12H,10H2,(H,22,23)(H,24,25). The number of hydrogen-bond acceptors (Lipinski definition) is 6. The maximum absolute atomic E-state index is 12.4. The molecule has 0 aliphatic rings. The number of para-hydroxylation sites is 1. The molecule has 4 aromatic rings. The highest BCUT2D eigenvalue weighted by atomic mass is 16.3. The first-order valence-corrected chi connectivity index (χ1v) is 8.03. The molecule has 0 radical (unpaired) electrons. The Kier molecular flexibility index (Phi) is 4.26. The molecule has 0 fully saturated rings. The highest BCUT2D eigenvalue weighted by Crippen LogP contribution is 2.21. The number of nitrogens with zero attached hydrogens (tertiary/aromatic N) is 3. The molecule has 0 spiro atoms. The number of pyridine rings is 1. The van der Waals surface area contributed by atoms with Gasteiger partial charge < -0.3 is 15.1 Å². The summed E-state index contributed by atoms with van der Waals surface area (Å²) in [5, 5.41) is 6.87. The van der Waals surface area contributed by atoms with Gasteiger partial charge >= 0.3 is 0 Å². The second-order valence-electron chi connectivity index (χ2n) is 5.55. The van der Waals surface area contributed by atoms with Gasteiger partial charge in [-0.1, -0.05) is 18.2 Å². The minimum Gasteiger partial charge on any atom is -0.467 e. The third-order valence-electron chi connectivity index (χ3n) is 3.79. The predicted molar refractivity (Wildman–Crippen MR) is 97.8 cm³/mol. The molecule has 128 valence electrons. The predicted octanol–water partition coefficient (Wildman–Crippen LogP) is 3.48. The minimum atomic E-state index is -0.340. The van der Waals surface area contributed by atoms with Crippen molar-refractivity contribution < 1.29 is 9.21 Å². The number of nitrogens with one attached hydrogen (secondary N) is 2. The zero-order valence-corrected chi connectivity index (χ0v) is 13.7. The summed E-state index contributed by atoms with van der Waals surface area (Å²) in [6.07, 6.45) is 6.24. The summed E-state index contributed by atoms with van der Waals surface area (Å²) in [6.45, 7) is 0.495. The van der Waals surface area contributed by atoms with E-state index in [4.69, 9.17) is 4.42 Å². The first-order valence-electron chi connectivity index (χ1n) is 8.03. The van der Waals surface area contributed by atoms with E-state index in [9.17, 15) is 4.79 Å². The van der Waals surface area contributed by atoms with E-state index in [0.29, 0.717) is 18.1 Å². The lowest BCUT2D eigenvalue weighted by atomic mass is 10.2. The third-order valence-corrected chi connectivity index (χ3v) is 3.79. The third kappa shape index (κ3) is 3.36. The Morgan fingerprint density at radius 3 is 2.73 bits per heavy atom. The molecule has 0 unspecified atom stereocenters. The first-order chi connectivity index (χ1) is 12.8.